The molecule has 1 unspecified atom stereocenters. The van der Waals surface area contributed by atoms with E-state index >= 15 is 0 Å². The summed E-state index contributed by atoms with van der Waals surface area (Å²) in [6.45, 7) is 1.97. The third kappa shape index (κ3) is 16.0. The standard InChI is InChI=1S/C20H41NO5S/c1-2-3-4-5-6-7-8-9-10-11-12-13-14-15-16-19(27(24,25)26)20(23)21-17-18-22/h19,22H,2-18H2,1H3,(H,21,23)(H,24,25,26). The van der Waals surface area contributed by atoms with E-state index in [1.165, 1.54) is 64.2 Å². The van der Waals surface area contributed by atoms with Crippen LogP contribution >= 0.6 is 0 Å². The second-order valence-electron chi connectivity index (χ2n) is 7.40. The summed E-state index contributed by atoms with van der Waals surface area (Å²) >= 11 is 0. The molecule has 27 heavy (non-hydrogen) atoms. The third-order valence-corrected chi connectivity index (χ3v) is 6.05. The fourth-order valence-corrected chi connectivity index (χ4v) is 4.05. The van der Waals surface area contributed by atoms with Crippen molar-refractivity contribution in [2.45, 2.75) is 108 Å². The van der Waals surface area contributed by atoms with Gasteiger partial charge >= 0.3 is 0 Å². The van der Waals surface area contributed by atoms with Crippen molar-refractivity contribution < 1.29 is 22.9 Å². The van der Waals surface area contributed by atoms with Crippen LogP contribution in [0.15, 0.2) is 0 Å². The summed E-state index contributed by atoms with van der Waals surface area (Å²) in [6, 6.07) is 0. The van der Waals surface area contributed by atoms with Gasteiger partial charge in [0.2, 0.25) is 5.91 Å². The lowest BCUT2D eigenvalue weighted by Crippen LogP contribution is -2.40. The maximum atomic E-state index is 11.8. The lowest BCUT2D eigenvalue weighted by molar-refractivity contribution is -0.121. The summed E-state index contributed by atoms with van der Waals surface area (Å²) in [5.41, 5.74) is 0. The van der Waals surface area contributed by atoms with Crippen LogP contribution in [0.5, 0.6) is 0 Å². The van der Waals surface area contributed by atoms with Crippen molar-refractivity contribution in [3.8, 4) is 0 Å². The number of carbonyl (C=O) groups excluding carboxylic acids is 1. The number of aliphatic hydroxyl groups excluding tert-OH is 1. The Bertz CT molecular complexity index is 453. The molecule has 0 heterocycles. The van der Waals surface area contributed by atoms with Gasteiger partial charge in [0.1, 0.15) is 0 Å². The normalized spacial score (nSPS) is 12.9. The molecule has 0 aliphatic rings. The number of amides is 1. The highest BCUT2D eigenvalue weighted by Gasteiger charge is 2.29. The van der Waals surface area contributed by atoms with Gasteiger partial charge < -0.3 is 10.4 Å². The molecule has 0 radical (unpaired) electrons. The average molecular weight is 408 g/mol. The number of hydrogen-bond donors (Lipinski definition) is 3. The molecular formula is C20H41NO5S. The van der Waals surface area contributed by atoms with Crippen molar-refractivity contribution in [1.29, 1.82) is 0 Å². The van der Waals surface area contributed by atoms with Crippen molar-refractivity contribution in [1.82, 2.24) is 5.32 Å². The average Bonchev–Trinajstić information content (AvgIpc) is 2.62. The molecule has 0 aromatic heterocycles. The van der Waals surface area contributed by atoms with E-state index in [-0.39, 0.29) is 19.6 Å². The maximum absolute atomic E-state index is 11.8. The van der Waals surface area contributed by atoms with Crippen LogP contribution in [-0.4, -0.2) is 42.4 Å². The van der Waals surface area contributed by atoms with E-state index in [9.17, 15) is 17.8 Å². The molecule has 0 aliphatic heterocycles. The predicted octanol–water partition coefficient (Wildman–Crippen LogP) is 4.22. The van der Waals surface area contributed by atoms with E-state index in [1.54, 1.807) is 0 Å². The molecule has 0 bridgehead atoms. The van der Waals surface area contributed by atoms with E-state index < -0.39 is 21.3 Å². The molecule has 162 valence electrons. The molecule has 0 saturated carbocycles. The Labute approximate surface area is 166 Å². The molecule has 3 N–H and O–H groups in total. The molecule has 0 saturated heterocycles. The monoisotopic (exact) mass is 407 g/mol. The van der Waals surface area contributed by atoms with Crippen LogP contribution in [0, 0.1) is 0 Å². The minimum absolute atomic E-state index is 0.0103. The lowest BCUT2D eigenvalue weighted by atomic mass is 10.0. The zero-order valence-corrected chi connectivity index (χ0v) is 17.9. The quantitative estimate of drug-likeness (QED) is 0.220. The Morgan fingerprint density at radius 1 is 0.815 bits per heavy atom. The Morgan fingerprint density at radius 2 is 1.22 bits per heavy atom. The SMILES string of the molecule is CCCCCCCCCCCCCCCCC(C(=O)NCCO)S(=O)(=O)O. The second kappa shape index (κ2) is 17.4. The van der Waals surface area contributed by atoms with Crippen molar-refractivity contribution >= 4 is 16.0 Å². The molecule has 1 amide bonds. The van der Waals surface area contributed by atoms with Gasteiger partial charge in [0.15, 0.2) is 5.25 Å². The number of hydrogen-bond acceptors (Lipinski definition) is 4. The van der Waals surface area contributed by atoms with Crippen LogP contribution in [0.2, 0.25) is 0 Å². The van der Waals surface area contributed by atoms with Crippen molar-refractivity contribution in [2.24, 2.45) is 0 Å². The highest BCUT2D eigenvalue weighted by atomic mass is 32.2. The Morgan fingerprint density at radius 3 is 1.59 bits per heavy atom. The fraction of sp³-hybridized carbons (Fsp3) is 0.950. The van der Waals surface area contributed by atoms with Crippen LogP contribution < -0.4 is 5.32 Å². The third-order valence-electron chi connectivity index (χ3n) is 4.88. The van der Waals surface area contributed by atoms with E-state index in [2.05, 4.69) is 12.2 Å². The minimum Gasteiger partial charge on any atom is -0.395 e. The van der Waals surface area contributed by atoms with Crippen molar-refractivity contribution in [2.75, 3.05) is 13.2 Å². The molecule has 0 aromatic carbocycles. The molecule has 0 aliphatic carbocycles. The van der Waals surface area contributed by atoms with Gasteiger partial charge in [0.05, 0.1) is 6.61 Å². The summed E-state index contributed by atoms with van der Waals surface area (Å²) in [4.78, 5) is 11.8. The Hall–Kier alpha value is -0.660. The maximum Gasteiger partial charge on any atom is 0.276 e. The summed E-state index contributed by atoms with van der Waals surface area (Å²) in [6.07, 6.45) is 16.9. The second-order valence-corrected chi connectivity index (χ2v) is 9.00. The van der Waals surface area contributed by atoms with Gasteiger partial charge in [0, 0.05) is 6.54 Å². The van der Waals surface area contributed by atoms with Crippen LogP contribution in [0.3, 0.4) is 0 Å². The van der Waals surface area contributed by atoms with E-state index in [0.29, 0.717) is 6.42 Å². The Balaban J connectivity index is 3.61. The smallest absolute Gasteiger partial charge is 0.276 e. The highest BCUT2D eigenvalue weighted by molar-refractivity contribution is 7.87. The topological polar surface area (TPSA) is 104 Å². The molecule has 6 nitrogen and oxygen atoms in total. The Kier molecular flexibility index (Phi) is 17.0. The van der Waals surface area contributed by atoms with Crippen LogP contribution in [0.1, 0.15) is 103 Å². The summed E-state index contributed by atoms with van der Waals surface area (Å²) < 4.78 is 31.9. The highest BCUT2D eigenvalue weighted by Crippen LogP contribution is 2.15. The largest absolute Gasteiger partial charge is 0.395 e. The van der Waals surface area contributed by atoms with Gasteiger partial charge in [-0.15, -0.1) is 0 Å². The van der Waals surface area contributed by atoms with Crippen LogP contribution in [0.25, 0.3) is 0 Å². The van der Waals surface area contributed by atoms with Gasteiger partial charge in [-0.3, -0.25) is 9.35 Å². The number of rotatable bonds is 19. The molecular weight excluding hydrogens is 366 g/mol. The number of aliphatic hydroxyl groups is 1. The predicted molar refractivity (Wildman–Crippen MR) is 110 cm³/mol. The minimum atomic E-state index is -4.41. The van der Waals surface area contributed by atoms with E-state index in [4.69, 9.17) is 5.11 Å². The van der Waals surface area contributed by atoms with Gasteiger partial charge in [-0.1, -0.05) is 96.8 Å². The van der Waals surface area contributed by atoms with Crippen molar-refractivity contribution in [3.05, 3.63) is 0 Å². The van der Waals surface area contributed by atoms with Crippen LogP contribution in [0.4, 0.5) is 0 Å². The first-order valence-electron chi connectivity index (χ1n) is 10.8. The number of unbranched alkanes of at least 4 members (excludes halogenated alkanes) is 13. The summed E-state index contributed by atoms with van der Waals surface area (Å²) in [5.74, 6) is -0.735. The first-order chi connectivity index (χ1) is 12.9. The molecule has 0 spiro atoms. The van der Waals surface area contributed by atoms with Gasteiger partial charge in [-0.25, -0.2) is 0 Å². The van der Waals surface area contributed by atoms with E-state index in [0.717, 1.165) is 19.3 Å². The first kappa shape index (κ1) is 26.3. The molecule has 0 fully saturated rings. The zero-order chi connectivity index (χ0) is 20.4. The number of carbonyl (C=O) groups is 1. The fourth-order valence-electron chi connectivity index (χ4n) is 3.23. The summed E-state index contributed by atoms with van der Waals surface area (Å²) in [7, 11) is -4.41. The molecule has 1 atom stereocenters. The van der Waals surface area contributed by atoms with Crippen molar-refractivity contribution in [3.63, 3.8) is 0 Å². The number of nitrogens with one attached hydrogen (secondary N) is 1. The van der Waals surface area contributed by atoms with Gasteiger partial charge in [-0.05, 0) is 6.42 Å². The first-order valence-corrected chi connectivity index (χ1v) is 12.3. The van der Waals surface area contributed by atoms with Gasteiger partial charge in [-0.2, -0.15) is 8.42 Å². The zero-order valence-electron chi connectivity index (χ0n) is 17.1. The van der Waals surface area contributed by atoms with Gasteiger partial charge in [0.25, 0.3) is 10.1 Å². The van der Waals surface area contributed by atoms with Crippen LogP contribution in [-0.2, 0) is 14.9 Å². The molecule has 0 aromatic rings. The lowest BCUT2D eigenvalue weighted by Gasteiger charge is -2.13. The van der Waals surface area contributed by atoms with E-state index in [1.807, 2.05) is 0 Å². The molecule has 0 rings (SSSR count). The molecule has 7 heteroatoms. The summed E-state index contributed by atoms with van der Waals surface area (Å²) in [5, 5.41) is 9.56.